The van der Waals surface area contributed by atoms with Crippen LogP contribution in [0, 0.1) is 11.2 Å². The molecule has 0 amide bonds. The summed E-state index contributed by atoms with van der Waals surface area (Å²) in [4.78, 5) is 35.3. The molecule has 3 fully saturated rings. The fourth-order valence-electron chi connectivity index (χ4n) is 4.23. The molecule has 0 aromatic carbocycles. The first-order valence-electron chi connectivity index (χ1n) is 10.5. The molecule has 31 heavy (non-hydrogen) atoms. The largest absolute Gasteiger partial charge is 0.477 e. The van der Waals surface area contributed by atoms with E-state index in [0.717, 1.165) is 37.7 Å². The van der Waals surface area contributed by atoms with Crippen LogP contribution in [0.1, 0.15) is 43.1 Å². The summed E-state index contributed by atoms with van der Waals surface area (Å²) in [5.41, 5.74) is -0.140. The van der Waals surface area contributed by atoms with Crippen LogP contribution in [-0.4, -0.2) is 59.6 Å². The third kappa shape index (κ3) is 3.44. The Kier molecular flexibility index (Phi) is 5.42. The predicted molar refractivity (Wildman–Crippen MR) is 114 cm³/mol. The molecule has 0 atom stereocenters. The number of carboxylic acids is 1. The smallest absolute Gasteiger partial charge is 0.341 e. The van der Waals surface area contributed by atoms with E-state index in [1.165, 1.54) is 13.3 Å². The monoisotopic (exact) mass is 431 g/mol. The van der Waals surface area contributed by atoms with Crippen molar-refractivity contribution >= 4 is 28.5 Å². The van der Waals surface area contributed by atoms with Gasteiger partial charge in [-0.05, 0) is 18.9 Å². The van der Waals surface area contributed by atoms with Gasteiger partial charge in [0.2, 0.25) is 5.43 Å². The molecule has 2 aromatic rings. The molecule has 0 radical (unpaired) electrons. The molecule has 166 valence electrons. The molecule has 2 aliphatic heterocycles. The Balaban J connectivity index is 0.00000112. The first-order chi connectivity index (χ1) is 14.9. The summed E-state index contributed by atoms with van der Waals surface area (Å²) in [5, 5.41) is 16.7. The van der Waals surface area contributed by atoms with Crippen LogP contribution >= 0.6 is 0 Å². The highest BCUT2D eigenvalue weighted by molar-refractivity contribution is 5.98. The number of nitrogens with one attached hydrogen (secondary N) is 1. The number of hydrogen-bond acceptors (Lipinski definition) is 7. The Labute approximate surface area is 178 Å². The quantitative estimate of drug-likeness (QED) is 0.713. The van der Waals surface area contributed by atoms with E-state index < -0.39 is 17.2 Å². The molecule has 3 aliphatic rings. The Morgan fingerprint density at radius 1 is 1.39 bits per heavy atom. The lowest BCUT2D eigenvalue weighted by atomic mass is 9.79. The van der Waals surface area contributed by atoms with Crippen molar-refractivity contribution in [1.82, 2.24) is 14.9 Å². The second-order valence-electron chi connectivity index (χ2n) is 7.94. The third-order valence-corrected chi connectivity index (χ3v) is 5.98. The van der Waals surface area contributed by atoms with Crippen molar-refractivity contribution in [3.63, 3.8) is 0 Å². The van der Waals surface area contributed by atoms with E-state index in [9.17, 15) is 14.7 Å². The second-order valence-corrected chi connectivity index (χ2v) is 7.94. The van der Waals surface area contributed by atoms with Crippen molar-refractivity contribution < 1.29 is 19.1 Å². The zero-order valence-electron chi connectivity index (χ0n) is 17.8. The number of aromatic nitrogens is 2. The van der Waals surface area contributed by atoms with Crippen molar-refractivity contribution in [3.8, 4) is 0 Å². The number of fused-ring (bicyclic) bond motifs is 1. The van der Waals surface area contributed by atoms with Gasteiger partial charge in [0.05, 0.1) is 23.1 Å². The van der Waals surface area contributed by atoms with Gasteiger partial charge in [0.1, 0.15) is 18.3 Å². The van der Waals surface area contributed by atoms with Gasteiger partial charge in [0.25, 0.3) is 0 Å². The number of carbonyl (C=O) groups is 1. The highest BCUT2D eigenvalue weighted by Gasteiger charge is 2.50. The lowest BCUT2D eigenvalue weighted by Gasteiger charge is -2.38. The highest BCUT2D eigenvalue weighted by Crippen LogP contribution is 2.39. The van der Waals surface area contributed by atoms with Gasteiger partial charge in [-0.15, -0.1) is 0 Å². The molecule has 10 heteroatoms. The van der Waals surface area contributed by atoms with E-state index >= 15 is 4.39 Å². The van der Waals surface area contributed by atoms with E-state index in [-0.39, 0.29) is 28.2 Å². The van der Waals surface area contributed by atoms with E-state index in [2.05, 4.69) is 15.5 Å². The third-order valence-electron chi connectivity index (χ3n) is 5.98. The number of anilines is 1. The zero-order chi connectivity index (χ0) is 22.3. The van der Waals surface area contributed by atoms with Gasteiger partial charge in [0, 0.05) is 31.9 Å². The van der Waals surface area contributed by atoms with Gasteiger partial charge < -0.3 is 24.7 Å². The summed E-state index contributed by atoms with van der Waals surface area (Å²) in [5.74, 6) is -1.84. The number of carboxylic acid groups (broad SMARTS) is 1. The van der Waals surface area contributed by atoms with Gasteiger partial charge in [-0.1, -0.05) is 19.0 Å². The first-order valence-corrected chi connectivity index (χ1v) is 10.5. The molecule has 2 N–H and O–H groups in total. The fraction of sp³-hybridized carbons (Fsp3) is 0.524. The molecule has 4 heterocycles. The minimum atomic E-state index is -1.32. The summed E-state index contributed by atoms with van der Waals surface area (Å²) in [6.45, 7) is 6.38. The molecule has 9 nitrogen and oxygen atoms in total. The first kappa shape index (κ1) is 21.2. The topological polar surface area (TPSA) is 109 Å². The molecule has 1 spiro atoms. The number of halogens is 1. The number of pyridine rings is 2. The predicted octanol–water partition coefficient (Wildman–Crippen LogP) is 2.01. The molecule has 0 bridgehead atoms. The molecule has 0 unspecified atom stereocenters. The SMILES string of the molecule is CC.CO/N=C1\CN(c2nc3c(cc2F)c(=O)c(C(=O)O)cn3C2CC2)CC12CNC2. The Morgan fingerprint density at radius 2 is 2.10 bits per heavy atom. The van der Waals surface area contributed by atoms with Crippen molar-refractivity contribution in [2.24, 2.45) is 10.6 Å². The van der Waals surface area contributed by atoms with Crippen molar-refractivity contribution in [3.05, 3.63) is 33.9 Å². The van der Waals surface area contributed by atoms with Crippen LogP contribution in [0.4, 0.5) is 10.2 Å². The van der Waals surface area contributed by atoms with E-state index in [1.54, 1.807) is 9.47 Å². The normalized spacial score (nSPS) is 20.5. The minimum Gasteiger partial charge on any atom is -0.477 e. The Bertz CT molecular complexity index is 1120. The molecular formula is C21H26FN5O4. The average molecular weight is 431 g/mol. The molecule has 5 rings (SSSR count). The van der Waals surface area contributed by atoms with E-state index in [0.29, 0.717) is 18.7 Å². The van der Waals surface area contributed by atoms with Gasteiger partial charge >= 0.3 is 5.97 Å². The molecule has 1 saturated carbocycles. The molecule has 1 aliphatic carbocycles. The molecule has 2 saturated heterocycles. The lowest BCUT2D eigenvalue weighted by Crippen LogP contribution is -2.58. The minimum absolute atomic E-state index is 0.0111. The lowest BCUT2D eigenvalue weighted by molar-refractivity contribution is 0.0695. The van der Waals surface area contributed by atoms with Gasteiger partial charge in [0.15, 0.2) is 11.6 Å². The van der Waals surface area contributed by atoms with E-state index in [4.69, 9.17) is 4.84 Å². The summed E-state index contributed by atoms with van der Waals surface area (Å²) in [6.07, 6.45) is 3.07. The number of aromatic carboxylic acids is 1. The highest BCUT2D eigenvalue weighted by atomic mass is 19.1. The summed E-state index contributed by atoms with van der Waals surface area (Å²) in [7, 11) is 1.48. The van der Waals surface area contributed by atoms with Crippen LogP contribution in [0.5, 0.6) is 0 Å². The van der Waals surface area contributed by atoms with Crippen molar-refractivity contribution in [1.29, 1.82) is 0 Å². The number of nitrogens with zero attached hydrogens (tertiary/aromatic N) is 4. The molecular weight excluding hydrogens is 405 g/mol. The van der Waals surface area contributed by atoms with Crippen LogP contribution in [0.15, 0.2) is 22.2 Å². The summed E-state index contributed by atoms with van der Waals surface area (Å²) < 4.78 is 16.7. The van der Waals surface area contributed by atoms with Crippen molar-refractivity contribution in [2.75, 3.05) is 38.2 Å². The van der Waals surface area contributed by atoms with Crippen LogP contribution in [0.3, 0.4) is 0 Å². The number of hydrogen-bond donors (Lipinski definition) is 2. The van der Waals surface area contributed by atoms with Gasteiger partial charge in [-0.2, -0.15) is 0 Å². The average Bonchev–Trinajstić information content (AvgIpc) is 3.49. The van der Waals surface area contributed by atoms with Crippen molar-refractivity contribution in [2.45, 2.75) is 32.7 Å². The summed E-state index contributed by atoms with van der Waals surface area (Å²) in [6, 6.07) is 1.19. The zero-order valence-corrected chi connectivity index (χ0v) is 17.8. The van der Waals surface area contributed by atoms with Gasteiger partial charge in [-0.25, -0.2) is 14.2 Å². The number of rotatable bonds is 4. The molecule has 2 aromatic heterocycles. The second kappa shape index (κ2) is 7.92. The Morgan fingerprint density at radius 3 is 2.65 bits per heavy atom. The maximum Gasteiger partial charge on any atom is 0.341 e. The van der Waals surface area contributed by atoms with Crippen LogP contribution < -0.4 is 15.6 Å². The maximum absolute atomic E-state index is 15.0. The van der Waals surface area contributed by atoms with Gasteiger partial charge in [-0.3, -0.25) is 4.79 Å². The number of oxime groups is 1. The Hall–Kier alpha value is -3.01. The summed E-state index contributed by atoms with van der Waals surface area (Å²) >= 11 is 0. The van der Waals surface area contributed by atoms with Crippen LogP contribution in [0.2, 0.25) is 0 Å². The van der Waals surface area contributed by atoms with Crippen LogP contribution in [0.25, 0.3) is 11.0 Å². The van der Waals surface area contributed by atoms with E-state index in [1.807, 2.05) is 13.8 Å². The fourth-order valence-corrected chi connectivity index (χ4v) is 4.23. The van der Waals surface area contributed by atoms with Crippen LogP contribution in [-0.2, 0) is 4.84 Å². The maximum atomic E-state index is 15.0. The standard InChI is InChI=1S/C19H20FN5O4.C2H6/c1-29-23-14-6-24(9-19(14)7-21-8-19)17-13(20)4-11-15(26)12(18(27)28)5-25(10-2-3-10)16(11)22-17;1-2/h4-5,10,21H,2-3,6-9H2,1H3,(H,27,28);1-2H3/b23-14+;.